The van der Waals surface area contributed by atoms with Gasteiger partial charge in [0.25, 0.3) is 0 Å². The summed E-state index contributed by atoms with van der Waals surface area (Å²) in [5, 5.41) is 6.45. The van der Waals surface area contributed by atoms with Crippen LogP contribution >= 0.6 is 12.4 Å². The van der Waals surface area contributed by atoms with E-state index in [-0.39, 0.29) is 36.2 Å². The Kier molecular flexibility index (Phi) is 8.04. The van der Waals surface area contributed by atoms with Crippen LogP contribution in [0.1, 0.15) is 51.4 Å². The fourth-order valence-electron chi connectivity index (χ4n) is 3.33. The Morgan fingerprint density at radius 1 is 1.05 bits per heavy atom. The summed E-state index contributed by atoms with van der Waals surface area (Å²) in [4.78, 5) is 23.0. The predicted octanol–water partition coefficient (Wildman–Crippen LogP) is 1.35. The molecule has 1 heterocycles. The highest BCUT2D eigenvalue weighted by molar-refractivity contribution is 5.85. The van der Waals surface area contributed by atoms with Gasteiger partial charge < -0.3 is 16.4 Å². The van der Waals surface area contributed by atoms with E-state index in [1.165, 1.54) is 12.8 Å². The van der Waals surface area contributed by atoms with Crippen molar-refractivity contribution in [1.29, 1.82) is 0 Å². The molecule has 5 nitrogen and oxygen atoms in total. The predicted molar refractivity (Wildman–Crippen MR) is 85.2 cm³/mol. The first-order chi connectivity index (χ1) is 9.65. The SMILES string of the molecule is Cl.NC(=O)C1CCC(NC(=O)CCC2CCNCC2)CC1. The summed E-state index contributed by atoms with van der Waals surface area (Å²) < 4.78 is 0. The molecule has 0 aromatic carbocycles. The molecule has 0 bridgehead atoms. The lowest BCUT2D eigenvalue weighted by molar-refractivity contribution is -0.123. The zero-order valence-corrected chi connectivity index (χ0v) is 13.4. The van der Waals surface area contributed by atoms with Gasteiger partial charge in [-0.2, -0.15) is 0 Å². The summed E-state index contributed by atoms with van der Waals surface area (Å²) in [6.45, 7) is 2.17. The monoisotopic (exact) mass is 317 g/mol. The third-order valence-electron chi connectivity index (χ3n) is 4.73. The fraction of sp³-hybridized carbons (Fsp3) is 0.867. The minimum Gasteiger partial charge on any atom is -0.369 e. The van der Waals surface area contributed by atoms with Crippen LogP contribution in [0.2, 0.25) is 0 Å². The van der Waals surface area contributed by atoms with Gasteiger partial charge in [0, 0.05) is 18.4 Å². The zero-order chi connectivity index (χ0) is 14.4. The number of nitrogens with one attached hydrogen (secondary N) is 2. The number of nitrogens with two attached hydrogens (primary N) is 1. The lowest BCUT2D eigenvalue weighted by Gasteiger charge is -2.28. The number of amides is 2. The maximum atomic E-state index is 12.0. The van der Waals surface area contributed by atoms with Gasteiger partial charge in [-0.05, 0) is 64.0 Å². The number of rotatable bonds is 5. The molecule has 1 aliphatic carbocycles. The Morgan fingerprint density at radius 2 is 1.67 bits per heavy atom. The second-order valence-corrected chi connectivity index (χ2v) is 6.25. The number of hydrogen-bond acceptors (Lipinski definition) is 3. The van der Waals surface area contributed by atoms with E-state index < -0.39 is 0 Å². The number of carbonyl (C=O) groups excluding carboxylic acids is 2. The Morgan fingerprint density at radius 3 is 2.24 bits per heavy atom. The second-order valence-electron chi connectivity index (χ2n) is 6.25. The van der Waals surface area contributed by atoms with Gasteiger partial charge in [-0.15, -0.1) is 12.4 Å². The maximum Gasteiger partial charge on any atom is 0.220 e. The molecule has 2 rings (SSSR count). The molecule has 122 valence electrons. The summed E-state index contributed by atoms with van der Waals surface area (Å²) in [6, 6.07) is 0.242. The minimum atomic E-state index is -0.194. The first-order valence-corrected chi connectivity index (χ1v) is 7.94. The van der Waals surface area contributed by atoms with Gasteiger partial charge in [0.1, 0.15) is 0 Å². The van der Waals surface area contributed by atoms with Gasteiger partial charge in [-0.3, -0.25) is 9.59 Å². The topological polar surface area (TPSA) is 84.2 Å². The van der Waals surface area contributed by atoms with Crippen LogP contribution in [-0.2, 0) is 9.59 Å². The molecule has 2 aliphatic rings. The summed E-state index contributed by atoms with van der Waals surface area (Å²) in [6.07, 6.45) is 7.42. The van der Waals surface area contributed by atoms with E-state index in [9.17, 15) is 9.59 Å². The Balaban J connectivity index is 0.00000220. The Labute approximate surface area is 133 Å². The van der Waals surface area contributed by atoms with E-state index in [2.05, 4.69) is 10.6 Å². The lowest BCUT2D eigenvalue weighted by Crippen LogP contribution is -2.40. The van der Waals surface area contributed by atoms with E-state index in [1.807, 2.05) is 0 Å². The van der Waals surface area contributed by atoms with E-state index in [1.54, 1.807) is 0 Å². The zero-order valence-electron chi connectivity index (χ0n) is 12.6. The van der Waals surface area contributed by atoms with Crippen molar-refractivity contribution in [3.05, 3.63) is 0 Å². The standard InChI is InChI=1S/C15H27N3O2.ClH/c16-15(20)12-2-4-13(5-3-12)18-14(19)6-1-11-7-9-17-10-8-11;/h11-13,17H,1-10H2,(H2,16,20)(H,18,19);1H. The third-order valence-corrected chi connectivity index (χ3v) is 4.73. The lowest BCUT2D eigenvalue weighted by atomic mass is 9.85. The Hall–Kier alpha value is -0.810. The molecule has 0 spiro atoms. The van der Waals surface area contributed by atoms with Gasteiger partial charge in [0.2, 0.25) is 11.8 Å². The number of piperidine rings is 1. The van der Waals surface area contributed by atoms with Crippen molar-refractivity contribution in [3.8, 4) is 0 Å². The summed E-state index contributed by atoms with van der Waals surface area (Å²) in [7, 11) is 0. The van der Waals surface area contributed by atoms with Crippen molar-refractivity contribution in [2.75, 3.05) is 13.1 Å². The fourth-order valence-corrected chi connectivity index (χ4v) is 3.33. The van der Waals surface area contributed by atoms with Crippen molar-refractivity contribution in [1.82, 2.24) is 10.6 Å². The van der Waals surface area contributed by atoms with Gasteiger partial charge in [-0.25, -0.2) is 0 Å². The normalized spacial score (nSPS) is 26.7. The van der Waals surface area contributed by atoms with Gasteiger partial charge in [0.05, 0.1) is 0 Å². The number of primary amides is 1. The van der Waals surface area contributed by atoms with Crippen LogP contribution < -0.4 is 16.4 Å². The van der Waals surface area contributed by atoms with Crippen LogP contribution in [0.4, 0.5) is 0 Å². The molecule has 6 heteroatoms. The highest BCUT2D eigenvalue weighted by Gasteiger charge is 2.25. The van der Waals surface area contributed by atoms with Gasteiger partial charge in [-0.1, -0.05) is 0 Å². The van der Waals surface area contributed by atoms with Crippen LogP contribution in [0.25, 0.3) is 0 Å². The third kappa shape index (κ3) is 6.22. The summed E-state index contributed by atoms with van der Waals surface area (Å²) in [5.41, 5.74) is 5.31. The van der Waals surface area contributed by atoms with Crippen LogP contribution in [0.3, 0.4) is 0 Å². The molecular weight excluding hydrogens is 290 g/mol. The molecule has 0 radical (unpaired) electrons. The highest BCUT2D eigenvalue weighted by Crippen LogP contribution is 2.24. The van der Waals surface area contributed by atoms with E-state index in [0.717, 1.165) is 45.2 Å². The number of hydrogen-bond donors (Lipinski definition) is 3. The molecule has 4 N–H and O–H groups in total. The molecule has 0 aromatic heterocycles. The van der Waals surface area contributed by atoms with Crippen molar-refractivity contribution in [2.24, 2.45) is 17.6 Å². The van der Waals surface area contributed by atoms with Crippen LogP contribution in [0.15, 0.2) is 0 Å². The minimum absolute atomic E-state index is 0. The number of halogens is 1. The van der Waals surface area contributed by atoms with Crippen molar-refractivity contribution in [3.63, 3.8) is 0 Å². The molecule has 1 saturated heterocycles. The molecule has 21 heavy (non-hydrogen) atoms. The molecule has 1 aliphatic heterocycles. The molecule has 1 saturated carbocycles. The van der Waals surface area contributed by atoms with Crippen molar-refractivity contribution in [2.45, 2.75) is 57.4 Å². The number of carbonyl (C=O) groups is 2. The first-order valence-electron chi connectivity index (χ1n) is 7.94. The largest absolute Gasteiger partial charge is 0.369 e. The molecular formula is C15H28ClN3O2. The molecule has 0 aromatic rings. The molecule has 0 atom stereocenters. The van der Waals surface area contributed by atoms with E-state index in [4.69, 9.17) is 5.73 Å². The molecule has 2 amide bonds. The molecule has 0 unspecified atom stereocenters. The van der Waals surface area contributed by atoms with Crippen LogP contribution in [0.5, 0.6) is 0 Å². The Bertz CT molecular complexity index is 338. The molecule has 2 fully saturated rings. The summed E-state index contributed by atoms with van der Waals surface area (Å²) in [5.74, 6) is 0.692. The van der Waals surface area contributed by atoms with Crippen LogP contribution in [0, 0.1) is 11.8 Å². The average molecular weight is 318 g/mol. The van der Waals surface area contributed by atoms with E-state index in [0.29, 0.717) is 12.3 Å². The second kappa shape index (κ2) is 9.26. The first kappa shape index (κ1) is 18.2. The average Bonchev–Trinajstić information content (AvgIpc) is 2.47. The maximum absolute atomic E-state index is 12.0. The van der Waals surface area contributed by atoms with Gasteiger partial charge in [0.15, 0.2) is 0 Å². The highest BCUT2D eigenvalue weighted by atomic mass is 35.5. The quantitative estimate of drug-likeness (QED) is 0.715. The van der Waals surface area contributed by atoms with Gasteiger partial charge >= 0.3 is 0 Å². The van der Waals surface area contributed by atoms with Crippen molar-refractivity contribution < 1.29 is 9.59 Å². The van der Waals surface area contributed by atoms with Crippen molar-refractivity contribution >= 4 is 24.2 Å². The smallest absolute Gasteiger partial charge is 0.220 e. The van der Waals surface area contributed by atoms with Crippen LogP contribution in [-0.4, -0.2) is 30.9 Å². The summed E-state index contributed by atoms with van der Waals surface area (Å²) >= 11 is 0. The van der Waals surface area contributed by atoms with E-state index >= 15 is 0 Å².